The number of carbonyl (C=O) groups is 1. The minimum absolute atomic E-state index is 0.216. The van der Waals surface area contributed by atoms with Crippen LogP contribution in [-0.4, -0.2) is 22.6 Å². The monoisotopic (exact) mass is 306 g/mol. The fraction of sp³-hybridized carbons (Fsp3) is 0.286. The molecule has 0 aliphatic rings. The summed E-state index contributed by atoms with van der Waals surface area (Å²) in [6.45, 7) is 3.89. The Labute approximate surface area is 125 Å². The Hall–Kier alpha value is -1.68. The van der Waals surface area contributed by atoms with Crippen LogP contribution in [0.3, 0.4) is 0 Å². The van der Waals surface area contributed by atoms with Gasteiger partial charge >= 0.3 is 0 Å². The van der Waals surface area contributed by atoms with Crippen LogP contribution in [0.2, 0.25) is 0 Å². The molecule has 20 heavy (non-hydrogen) atoms. The molecule has 1 amide bonds. The van der Waals surface area contributed by atoms with E-state index in [0.717, 1.165) is 5.69 Å². The van der Waals surface area contributed by atoms with Gasteiger partial charge in [0.05, 0.1) is 5.69 Å². The Morgan fingerprint density at radius 1 is 1.50 bits per heavy atom. The molecule has 2 aromatic rings. The molecule has 4 nitrogen and oxygen atoms in total. The van der Waals surface area contributed by atoms with Gasteiger partial charge in [0.15, 0.2) is 5.13 Å². The van der Waals surface area contributed by atoms with Crippen molar-refractivity contribution in [3.63, 3.8) is 0 Å². The molecule has 0 radical (unpaired) electrons. The van der Waals surface area contributed by atoms with Crippen molar-refractivity contribution in [1.29, 1.82) is 0 Å². The van der Waals surface area contributed by atoms with Crippen molar-refractivity contribution in [2.24, 2.45) is 0 Å². The van der Waals surface area contributed by atoms with Crippen molar-refractivity contribution in [3.8, 4) is 11.8 Å². The van der Waals surface area contributed by atoms with Gasteiger partial charge in [-0.1, -0.05) is 25.7 Å². The molecule has 0 bridgehead atoms. The molecular weight excluding hydrogens is 292 g/mol. The summed E-state index contributed by atoms with van der Waals surface area (Å²) in [5, 5.41) is 15.8. The molecule has 2 rings (SSSR count). The standard InChI is InChI=1S/C14H14N2O2S2/c1-9(2)11-8-20-14(15-11)16-13(18)12-10(4-3-6-17)5-7-19-12/h5,7-9,17H,6H2,1-2H3,(H,15,16,18). The Bertz CT molecular complexity index is 662. The SMILES string of the molecule is CC(C)c1csc(NC(=O)c2sccc2C#CCO)n1. The van der Waals surface area contributed by atoms with Crippen molar-refractivity contribution in [2.45, 2.75) is 19.8 Å². The van der Waals surface area contributed by atoms with Crippen molar-refractivity contribution in [2.75, 3.05) is 11.9 Å². The van der Waals surface area contributed by atoms with Gasteiger partial charge in [0, 0.05) is 10.9 Å². The van der Waals surface area contributed by atoms with Crippen molar-refractivity contribution < 1.29 is 9.90 Å². The maximum absolute atomic E-state index is 12.2. The lowest BCUT2D eigenvalue weighted by Gasteiger charge is -2.00. The number of amides is 1. The van der Waals surface area contributed by atoms with Crippen LogP contribution in [0.15, 0.2) is 16.8 Å². The van der Waals surface area contributed by atoms with Crippen LogP contribution in [0.5, 0.6) is 0 Å². The van der Waals surface area contributed by atoms with Gasteiger partial charge in [-0.05, 0) is 17.4 Å². The quantitative estimate of drug-likeness (QED) is 0.857. The largest absolute Gasteiger partial charge is 0.384 e. The number of aliphatic hydroxyl groups is 1. The van der Waals surface area contributed by atoms with Crippen molar-refractivity contribution in [1.82, 2.24) is 4.98 Å². The van der Waals surface area contributed by atoms with Gasteiger partial charge in [-0.2, -0.15) is 0 Å². The molecule has 0 aliphatic heterocycles. The second-order valence-electron chi connectivity index (χ2n) is 4.31. The van der Waals surface area contributed by atoms with E-state index in [1.165, 1.54) is 22.7 Å². The number of rotatable bonds is 3. The molecule has 0 unspecified atom stereocenters. The first-order chi connectivity index (χ1) is 9.61. The van der Waals surface area contributed by atoms with Gasteiger partial charge in [-0.15, -0.1) is 22.7 Å². The number of nitrogens with one attached hydrogen (secondary N) is 1. The molecule has 0 aliphatic carbocycles. The number of carbonyl (C=O) groups excluding carboxylic acids is 1. The summed E-state index contributed by atoms with van der Waals surface area (Å²) >= 11 is 2.73. The van der Waals surface area contributed by atoms with Gasteiger partial charge in [0.2, 0.25) is 0 Å². The normalized spacial score (nSPS) is 10.2. The van der Waals surface area contributed by atoms with E-state index in [0.29, 0.717) is 21.5 Å². The summed E-state index contributed by atoms with van der Waals surface area (Å²) in [5.74, 6) is 5.44. The van der Waals surface area contributed by atoms with Crippen molar-refractivity contribution in [3.05, 3.63) is 33.0 Å². The van der Waals surface area contributed by atoms with Crippen LogP contribution in [0.4, 0.5) is 5.13 Å². The summed E-state index contributed by atoms with van der Waals surface area (Å²) in [6.07, 6.45) is 0. The third kappa shape index (κ3) is 3.45. The van der Waals surface area contributed by atoms with Crippen LogP contribution in [0.25, 0.3) is 0 Å². The average Bonchev–Trinajstić information content (AvgIpc) is 3.04. The zero-order chi connectivity index (χ0) is 14.5. The second-order valence-corrected chi connectivity index (χ2v) is 6.08. The Balaban J connectivity index is 2.13. The molecule has 0 saturated heterocycles. The van der Waals surface area contributed by atoms with E-state index in [9.17, 15) is 4.79 Å². The highest BCUT2D eigenvalue weighted by atomic mass is 32.1. The van der Waals surface area contributed by atoms with Crippen LogP contribution in [0, 0.1) is 11.8 Å². The first kappa shape index (κ1) is 14.7. The molecule has 2 N–H and O–H groups in total. The first-order valence-electron chi connectivity index (χ1n) is 6.05. The molecule has 2 aromatic heterocycles. The van der Waals surface area contributed by atoms with Gasteiger partial charge < -0.3 is 5.11 Å². The zero-order valence-corrected chi connectivity index (χ0v) is 12.8. The number of anilines is 1. The predicted molar refractivity (Wildman–Crippen MR) is 82.4 cm³/mol. The van der Waals surface area contributed by atoms with E-state index in [1.807, 2.05) is 5.38 Å². The number of thiophene rings is 1. The van der Waals surface area contributed by atoms with E-state index in [1.54, 1.807) is 11.4 Å². The number of thiazole rings is 1. The van der Waals surface area contributed by atoms with Crippen LogP contribution in [0.1, 0.15) is 40.7 Å². The highest BCUT2D eigenvalue weighted by Crippen LogP contribution is 2.23. The third-order valence-electron chi connectivity index (χ3n) is 2.51. The minimum Gasteiger partial charge on any atom is -0.384 e. The smallest absolute Gasteiger partial charge is 0.268 e. The molecular formula is C14H14N2O2S2. The maximum Gasteiger partial charge on any atom is 0.268 e. The molecule has 0 saturated carbocycles. The zero-order valence-electron chi connectivity index (χ0n) is 11.1. The van der Waals surface area contributed by atoms with Gasteiger partial charge in [0.1, 0.15) is 11.5 Å². The van der Waals surface area contributed by atoms with Crippen LogP contribution < -0.4 is 5.32 Å². The lowest BCUT2D eigenvalue weighted by Crippen LogP contribution is -2.11. The van der Waals surface area contributed by atoms with E-state index in [-0.39, 0.29) is 12.5 Å². The van der Waals surface area contributed by atoms with Gasteiger partial charge in [0.25, 0.3) is 5.91 Å². The van der Waals surface area contributed by atoms with Crippen molar-refractivity contribution >= 4 is 33.7 Å². The summed E-state index contributed by atoms with van der Waals surface area (Å²) in [6, 6.07) is 1.77. The molecule has 0 spiro atoms. The van der Waals surface area contributed by atoms with E-state index in [2.05, 4.69) is 36.0 Å². The number of nitrogens with zero attached hydrogens (tertiary/aromatic N) is 1. The summed E-state index contributed by atoms with van der Waals surface area (Å²) < 4.78 is 0. The van der Waals surface area contributed by atoms with Crippen LogP contribution >= 0.6 is 22.7 Å². The predicted octanol–water partition coefficient (Wildman–Crippen LogP) is 2.92. The van der Waals surface area contributed by atoms with E-state index >= 15 is 0 Å². The lowest BCUT2D eigenvalue weighted by molar-refractivity contribution is 0.103. The molecule has 0 fully saturated rings. The number of hydrogen-bond donors (Lipinski definition) is 2. The number of hydrogen-bond acceptors (Lipinski definition) is 5. The lowest BCUT2D eigenvalue weighted by atomic mass is 10.2. The van der Waals surface area contributed by atoms with Gasteiger partial charge in [-0.3, -0.25) is 10.1 Å². The third-order valence-corrected chi connectivity index (χ3v) is 4.20. The highest BCUT2D eigenvalue weighted by Gasteiger charge is 2.14. The number of aliphatic hydroxyl groups excluding tert-OH is 1. The molecule has 0 atom stereocenters. The first-order valence-corrected chi connectivity index (χ1v) is 7.81. The minimum atomic E-state index is -0.221. The van der Waals surface area contributed by atoms with E-state index < -0.39 is 0 Å². The van der Waals surface area contributed by atoms with Gasteiger partial charge in [-0.25, -0.2) is 4.98 Å². The molecule has 104 valence electrons. The molecule has 0 aromatic carbocycles. The van der Waals surface area contributed by atoms with Crippen LogP contribution in [-0.2, 0) is 0 Å². The Morgan fingerprint density at radius 3 is 2.95 bits per heavy atom. The maximum atomic E-state index is 12.2. The molecule has 6 heteroatoms. The summed E-state index contributed by atoms with van der Waals surface area (Å²) in [7, 11) is 0. The molecule has 2 heterocycles. The second kappa shape index (κ2) is 6.66. The van der Waals surface area contributed by atoms with E-state index in [4.69, 9.17) is 5.11 Å². The highest BCUT2D eigenvalue weighted by molar-refractivity contribution is 7.14. The topological polar surface area (TPSA) is 62.2 Å². The Kier molecular flexibility index (Phi) is 4.90. The average molecular weight is 306 g/mol. The summed E-state index contributed by atoms with van der Waals surface area (Å²) in [5.41, 5.74) is 1.60. The fourth-order valence-electron chi connectivity index (χ4n) is 1.48. The fourth-order valence-corrected chi connectivity index (χ4v) is 3.09. The number of aromatic nitrogens is 1. The summed E-state index contributed by atoms with van der Waals surface area (Å²) in [4.78, 5) is 17.1. The Morgan fingerprint density at radius 2 is 2.30 bits per heavy atom.